The summed E-state index contributed by atoms with van der Waals surface area (Å²) in [7, 11) is 0. The number of carbonyl (C=O) groups is 1. The number of phenolic OH excluding ortho intramolecular Hbond substituents is 1. The first kappa shape index (κ1) is 14.6. The summed E-state index contributed by atoms with van der Waals surface area (Å²) in [5, 5.41) is 25.7. The number of anilines is 2. The van der Waals surface area contributed by atoms with E-state index in [2.05, 4.69) is 15.4 Å². The van der Waals surface area contributed by atoms with Gasteiger partial charge in [0.05, 0.1) is 6.20 Å². The maximum absolute atomic E-state index is 10.7. The number of benzene rings is 1. The quantitative estimate of drug-likeness (QED) is 0.638. The van der Waals surface area contributed by atoms with Gasteiger partial charge in [0.1, 0.15) is 17.6 Å². The van der Waals surface area contributed by atoms with Gasteiger partial charge in [-0.3, -0.25) is 0 Å². The second-order valence-corrected chi connectivity index (χ2v) is 5.01. The monoisotopic (exact) mass is 314 g/mol. The third kappa shape index (κ3) is 2.73. The Labute approximate surface area is 131 Å². The fourth-order valence-electron chi connectivity index (χ4n) is 2.25. The number of aromatic nitrogens is 3. The van der Waals surface area contributed by atoms with Gasteiger partial charge in [-0.05, 0) is 25.5 Å². The summed E-state index contributed by atoms with van der Waals surface area (Å²) in [6.45, 7) is 3.52. The van der Waals surface area contributed by atoms with Gasteiger partial charge < -0.3 is 20.3 Å². The summed E-state index contributed by atoms with van der Waals surface area (Å²) in [5.41, 5.74) is 2.59. The maximum Gasteiger partial charge on any atom is 0.511 e. The second kappa shape index (κ2) is 5.48. The van der Waals surface area contributed by atoms with E-state index in [0.29, 0.717) is 22.6 Å². The Morgan fingerprint density at radius 1 is 1.35 bits per heavy atom. The Kier molecular flexibility index (Phi) is 3.49. The van der Waals surface area contributed by atoms with Crippen molar-refractivity contribution in [3.8, 4) is 11.5 Å². The van der Waals surface area contributed by atoms with Crippen LogP contribution in [-0.2, 0) is 0 Å². The summed E-state index contributed by atoms with van der Waals surface area (Å²) in [5.74, 6) is 0.830. The molecule has 8 heteroatoms. The number of aromatic hydroxyl groups is 1. The molecular formula is C15H14N4O4. The number of fused-ring (bicyclic) bond motifs is 1. The Hall–Kier alpha value is -3.29. The molecule has 2 aromatic heterocycles. The zero-order valence-corrected chi connectivity index (χ0v) is 12.4. The molecule has 8 nitrogen and oxygen atoms in total. The van der Waals surface area contributed by atoms with Gasteiger partial charge in [-0.15, -0.1) is 0 Å². The number of nitrogens with one attached hydrogen (secondary N) is 1. The van der Waals surface area contributed by atoms with E-state index in [1.165, 1.54) is 17.0 Å². The van der Waals surface area contributed by atoms with Gasteiger partial charge in [-0.2, -0.15) is 5.10 Å². The van der Waals surface area contributed by atoms with Crippen LogP contribution in [0.1, 0.15) is 11.1 Å². The fraction of sp³-hybridized carbons (Fsp3) is 0.133. The first-order chi connectivity index (χ1) is 11.0. The summed E-state index contributed by atoms with van der Waals surface area (Å²) in [6.07, 6.45) is 1.42. The van der Waals surface area contributed by atoms with Crippen molar-refractivity contribution in [2.45, 2.75) is 13.8 Å². The molecule has 0 aliphatic carbocycles. The smallest absolute Gasteiger partial charge is 0.508 e. The molecule has 0 radical (unpaired) electrons. The fourth-order valence-corrected chi connectivity index (χ4v) is 2.25. The molecule has 3 rings (SSSR count). The Balaban J connectivity index is 2.05. The Bertz CT molecular complexity index is 904. The number of aryl methyl sites for hydroxylation is 2. The van der Waals surface area contributed by atoms with Crippen LogP contribution >= 0.6 is 0 Å². The van der Waals surface area contributed by atoms with E-state index in [1.807, 2.05) is 0 Å². The molecule has 0 amide bonds. The Morgan fingerprint density at radius 2 is 2.13 bits per heavy atom. The molecule has 0 atom stereocenters. The van der Waals surface area contributed by atoms with E-state index in [4.69, 9.17) is 9.84 Å². The van der Waals surface area contributed by atoms with E-state index >= 15 is 0 Å². The SMILES string of the molecule is Cc1ccc(Nc2ncnn3cc(OC(=O)O)c(C)c23)cc1O. The lowest BCUT2D eigenvalue weighted by atomic mass is 10.2. The molecule has 0 fully saturated rings. The number of carboxylic acid groups (broad SMARTS) is 1. The zero-order valence-electron chi connectivity index (χ0n) is 12.4. The summed E-state index contributed by atoms with van der Waals surface area (Å²) < 4.78 is 6.21. The van der Waals surface area contributed by atoms with E-state index in [1.54, 1.807) is 32.0 Å². The molecular weight excluding hydrogens is 300 g/mol. The van der Waals surface area contributed by atoms with Gasteiger partial charge in [-0.25, -0.2) is 14.3 Å². The number of nitrogens with zero attached hydrogens (tertiary/aromatic N) is 3. The average molecular weight is 314 g/mol. The third-order valence-electron chi connectivity index (χ3n) is 3.45. The van der Waals surface area contributed by atoms with Gasteiger partial charge in [0, 0.05) is 17.3 Å². The van der Waals surface area contributed by atoms with Crippen molar-refractivity contribution in [2.24, 2.45) is 0 Å². The van der Waals surface area contributed by atoms with Crippen LogP contribution in [0, 0.1) is 13.8 Å². The van der Waals surface area contributed by atoms with Crippen molar-refractivity contribution < 1.29 is 19.7 Å². The van der Waals surface area contributed by atoms with Gasteiger partial charge in [0.2, 0.25) is 0 Å². The number of ether oxygens (including phenoxy) is 1. The van der Waals surface area contributed by atoms with E-state index in [-0.39, 0.29) is 11.5 Å². The van der Waals surface area contributed by atoms with Crippen LogP contribution in [0.25, 0.3) is 5.52 Å². The van der Waals surface area contributed by atoms with Crippen LogP contribution in [0.4, 0.5) is 16.3 Å². The molecule has 0 spiro atoms. The van der Waals surface area contributed by atoms with E-state index < -0.39 is 6.16 Å². The molecule has 0 saturated heterocycles. The lowest BCUT2D eigenvalue weighted by molar-refractivity contribution is 0.144. The third-order valence-corrected chi connectivity index (χ3v) is 3.45. The number of phenols is 1. The minimum absolute atomic E-state index is 0.169. The highest BCUT2D eigenvalue weighted by atomic mass is 16.7. The predicted molar refractivity (Wildman–Crippen MR) is 82.5 cm³/mol. The van der Waals surface area contributed by atoms with Gasteiger partial charge in [-0.1, -0.05) is 6.07 Å². The molecule has 3 aromatic rings. The van der Waals surface area contributed by atoms with Crippen LogP contribution < -0.4 is 10.1 Å². The highest BCUT2D eigenvalue weighted by Gasteiger charge is 2.16. The molecule has 0 unspecified atom stereocenters. The lowest BCUT2D eigenvalue weighted by Gasteiger charge is -2.09. The van der Waals surface area contributed by atoms with Gasteiger partial charge in [0.25, 0.3) is 0 Å². The van der Waals surface area contributed by atoms with Gasteiger partial charge in [0.15, 0.2) is 11.6 Å². The summed E-state index contributed by atoms with van der Waals surface area (Å²) in [6, 6.07) is 5.17. The lowest BCUT2D eigenvalue weighted by Crippen LogP contribution is -2.02. The molecule has 23 heavy (non-hydrogen) atoms. The topological polar surface area (TPSA) is 109 Å². The van der Waals surface area contributed by atoms with Crippen LogP contribution in [0.2, 0.25) is 0 Å². The number of hydrogen-bond donors (Lipinski definition) is 3. The molecule has 0 saturated carbocycles. The standard InChI is InChI=1S/C15H14N4O4/c1-8-3-4-10(5-11(8)20)18-14-13-9(2)12(23-15(21)22)6-19(13)17-7-16-14/h3-7,20H,1-2H3,(H,21,22)(H,16,17,18). The van der Waals surface area contributed by atoms with Crippen molar-refractivity contribution in [1.82, 2.24) is 14.6 Å². The Morgan fingerprint density at radius 3 is 2.83 bits per heavy atom. The maximum atomic E-state index is 10.7. The highest BCUT2D eigenvalue weighted by Crippen LogP contribution is 2.30. The van der Waals surface area contributed by atoms with Crippen molar-refractivity contribution >= 4 is 23.2 Å². The summed E-state index contributed by atoms with van der Waals surface area (Å²) in [4.78, 5) is 14.9. The minimum Gasteiger partial charge on any atom is -0.508 e. The van der Waals surface area contributed by atoms with Gasteiger partial charge >= 0.3 is 6.16 Å². The molecule has 118 valence electrons. The molecule has 1 aromatic carbocycles. The van der Waals surface area contributed by atoms with E-state index in [9.17, 15) is 9.90 Å². The molecule has 0 aliphatic heterocycles. The van der Waals surface area contributed by atoms with Crippen molar-refractivity contribution in [3.63, 3.8) is 0 Å². The number of rotatable bonds is 3. The molecule has 0 bridgehead atoms. The second-order valence-electron chi connectivity index (χ2n) is 5.01. The molecule has 0 aliphatic rings. The zero-order chi connectivity index (χ0) is 16.6. The number of hydrogen-bond acceptors (Lipinski definition) is 6. The largest absolute Gasteiger partial charge is 0.511 e. The normalized spacial score (nSPS) is 10.7. The van der Waals surface area contributed by atoms with Crippen LogP contribution in [0.3, 0.4) is 0 Å². The first-order valence-electron chi connectivity index (χ1n) is 6.76. The predicted octanol–water partition coefficient (Wildman–Crippen LogP) is 2.85. The average Bonchev–Trinajstić information content (AvgIpc) is 2.80. The van der Waals surface area contributed by atoms with Crippen LogP contribution in [0.5, 0.6) is 11.5 Å². The molecule has 2 heterocycles. The van der Waals surface area contributed by atoms with Crippen molar-refractivity contribution in [2.75, 3.05) is 5.32 Å². The minimum atomic E-state index is -1.39. The van der Waals surface area contributed by atoms with Crippen LogP contribution in [-0.4, -0.2) is 31.0 Å². The van der Waals surface area contributed by atoms with Crippen molar-refractivity contribution in [1.29, 1.82) is 0 Å². The highest BCUT2D eigenvalue weighted by molar-refractivity contribution is 5.79. The summed E-state index contributed by atoms with van der Waals surface area (Å²) >= 11 is 0. The van der Waals surface area contributed by atoms with Crippen LogP contribution in [0.15, 0.2) is 30.7 Å². The van der Waals surface area contributed by atoms with Crippen molar-refractivity contribution in [3.05, 3.63) is 41.9 Å². The first-order valence-corrected chi connectivity index (χ1v) is 6.76. The van der Waals surface area contributed by atoms with E-state index in [0.717, 1.165) is 5.56 Å². The molecule has 3 N–H and O–H groups in total.